The maximum Gasteiger partial charge on any atom is 0.327 e. The van der Waals surface area contributed by atoms with Crippen LogP contribution in [-0.4, -0.2) is 39.1 Å². The van der Waals surface area contributed by atoms with Crippen LogP contribution in [-0.2, 0) is 4.79 Å². The molecule has 1 aromatic carbocycles. The first-order valence-corrected chi connectivity index (χ1v) is 6.97. The van der Waals surface area contributed by atoms with E-state index in [0.29, 0.717) is 0 Å². The highest BCUT2D eigenvalue weighted by Gasteiger charge is 2.41. The zero-order valence-electron chi connectivity index (χ0n) is 9.97. The molecule has 1 aliphatic heterocycles. The summed E-state index contributed by atoms with van der Waals surface area (Å²) in [6, 6.07) is 2.97. The number of amides is 1. The highest BCUT2D eigenvalue weighted by molar-refractivity contribution is 8.00. The van der Waals surface area contributed by atoms with Gasteiger partial charge in [-0.15, -0.1) is 11.8 Å². The average molecular weight is 304 g/mol. The van der Waals surface area contributed by atoms with Crippen LogP contribution >= 0.6 is 23.4 Å². The third kappa shape index (κ3) is 2.55. The number of hydrogen-bond acceptors (Lipinski definition) is 3. The molecule has 1 aliphatic rings. The summed E-state index contributed by atoms with van der Waals surface area (Å²) in [4.78, 5) is 24.6. The van der Waals surface area contributed by atoms with Crippen molar-refractivity contribution in [3.8, 4) is 0 Å². The molecule has 1 aromatic rings. The molecule has 4 nitrogen and oxygen atoms in total. The minimum atomic E-state index is -1.10. The molecule has 1 amide bonds. The van der Waals surface area contributed by atoms with Crippen LogP contribution in [0.15, 0.2) is 18.2 Å². The summed E-state index contributed by atoms with van der Waals surface area (Å²) in [5.74, 6) is -2.25. The Morgan fingerprint density at radius 3 is 2.79 bits per heavy atom. The first-order valence-electron chi connectivity index (χ1n) is 5.54. The van der Waals surface area contributed by atoms with Crippen molar-refractivity contribution in [2.45, 2.75) is 18.3 Å². The van der Waals surface area contributed by atoms with Crippen molar-refractivity contribution in [2.75, 3.05) is 5.75 Å². The number of carbonyl (C=O) groups is 2. The van der Waals surface area contributed by atoms with Gasteiger partial charge in [0.1, 0.15) is 11.9 Å². The van der Waals surface area contributed by atoms with Crippen molar-refractivity contribution in [2.24, 2.45) is 0 Å². The number of thioether (sulfide) groups is 1. The summed E-state index contributed by atoms with van der Waals surface area (Å²) in [6.45, 7) is 1.71. The van der Waals surface area contributed by atoms with Gasteiger partial charge in [0.2, 0.25) is 0 Å². The maximum atomic E-state index is 13.7. The van der Waals surface area contributed by atoms with E-state index >= 15 is 0 Å². The van der Waals surface area contributed by atoms with Gasteiger partial charge in [0, 0.05) is 5.75 Å². The van der Waals surface area contributed by atoms with E-state index < -0.39 is 23.7 Å². The Hall–Kier alpha value is -1.27. The lowest BCUT2D eigenvalue weighted by atomic mass is 10.1. The van der Waals surface area contributed by atoms with Crippen LogP contribution in [0, 0.1) is 5.82 Å². The fourth-order valence-corrected chi connectivity index (χ4v) is 3.38. The number of nitrogens with zero attached hydrogens (tertiary/aromatic N) is 1. The van der Waals surface area contributed by atoms with Gasteiger partial charge in [0.05, 0.1) is 16.0 Å². The highest BCUT2D eigenvalue weighted by Crippen LogP contribution is 2.32. The molecule has 7 heteroatoms. The van der Waals surface area contributed by atoms with Crippen LogP contribution in [0.4, 0.5) is 4.39 Å². The second-order valence-electron chi connectivity index (χ2n) is 4.10. The predicted octanol–water partition coefficient (Wildman–Crippen LogP) is 2.47. The molecule has 1 fully saturated rings. The first kappa shape index (κ1) is 14.1. The molecule has 19 heavy (non-hydrogen) atoms. The third-order valence-corrected chi connectivity index (χ3v) is 4.45. The van der Waals surface area contributed by atoms with E-state index in [-0.39, 0.29) is 21.7 Å². The zero-order chi connectivity index (χ0) is 14.2. The van der Waals surface area contributed by atoms with Crippen LogP contribution < -0.4 is 0 Å². The number of hydrogen-bond donors (Lipinski definition) is 1. The maximum absolute atomic E-state index is 13.7. The van der Waals surface area contributed by atoms with Crippen molar-refractivity contribution in [3.05, 3.63) is 34.6 Å². The number of aliphatic carboxylic acids is 1. The molecule has 102 valence electrons. The van der Waals surface area contributed by atoms with E-state index in [1.165, 1.54) is 23.9 Å². The number of carboxylic acids is 1. The normalized spacial score (nSPS) is 22.6. The Morgan fingerprint density at radius 2 is 2.21 bits per heavy atom. The van der Waals surface area contributed by atoms with Crippen LogP contribution in [0.25, 0.3) is 0 Å². The van der Waals surface area contributed by atoms with Crippen LogP contribution in [0.1, 0.15) is 17.3 Å². The van der Waals surface area contributed by atoms with E-state index in [4.69, 9.17) is 16.7 Å². The Morgan fingerprint density at radius 1 is 1.53 bits per heavy atom. The van der Waals surface area contributed by atoms with Gasteiger partial charge in [0.25, 0.3) is 5.91 Å². The summed E-state index contributed by atoms with van der Waals surface area (Å²) in [7, 11) is 0. The van der Waals surface area contributed by atoms with Crippen LogP contribution in [0.5, 0.6) is 0 Å². The number of carboxylic acid groups (broad SMARTS) is 1. The molecule has 1 saturated heterocycles. The molecular formula is C12H11ClFNO3S. The molecule has 0 aromatic heterocycles. The number of benzene rings is 1. The van der Waals surface area contributed by atoms with Crippen molar-refractivity contribution < 1.29 is 19.1 Å². The van der Waals surface area contributed by atoms with Crippen molar-refractivity contribution in [1.29, 1.82) is 0 Å². The molecule has 0 bridgehead atoms. The van der Waals surface area contributed by atoms with Crippen LogP contribution in [0.3, 0.4) is 0 Å². The Kier molecular flexibility index (Phi) is 4.01. The molecule has 0 aliphatic carbocycles. The predicted molar refractivity (Wildman–Crippen MR) is 70.9 cm³/mol. The van der Waals surface area contributed by atoms with E-state index in [1.54, 1.807) is 6.92 Å². The van der Waals surface area contributed by atoms with Gasteiger partial charge in [-0.25, -0.2) is 9.18 Å². The summed E-state index contributed by atoms with van der Waals surface area (Å²) >= 11 is 7.17. The van der Waals surface area contributed by atoms with Gasteiger partial charge >= 0.3 is 5.97 Å². The van der Waals surface area contributed by atoms with Gasteiger partial charge in [-0.2, -0.15) is 0 Å². The SMILES string of the molecule is CC1SCC(C(=O)O)N1C(=O)c1c(F)cccc1Cl. The average Bonchev–Trinajstić information content (AvgIpc) is 2.70. The minimum absolute atomic E-state index is 0.0155. The highest BCUT2D eigenvalue weighted by atomic mass is 35.5. The first-order chi connectivity index (χ1) is 8.93. The monoisotopic (exact) mass is 303 g/mol. The van der Waals surface area contributed by atoms with Gasteiger partial charge in [-0.05, 0) is 19.1 Å². The van der Waals surface area contributed by atoms with Gasteiger partial charge in [-0.3, -0.25) is 4.79 Å². The lowest BCUT2D eigenvalue weighted by molar-refractivity contribution is -0.141. The Labute approximate surface area is 118 Å². The summed E-state index contributed by atoms with van der Waals surface area (Å²) in [6.07, 6.45) is 0. The zero-order valence-corrected chi connectivity index (χ0v) is 11.5. The Bertz CT molecular complexity index is 519. The molecule has 1 N–H and O–H groups in total. The molecule has 0 spiro atoms. The minimum Gasteiger partial charge on any atom is -0.480 e. The Balaban J connectivity index is 2.40. The van der Waals surface area contributed by atoms with E-state index in [1.807, 2.05) is 0 Å². The van der Waals surface area contributed by atoms with Crippen LogP contribution in [0.2, 0.25) is 5.02 Å². The van der Waals surface area contributed by atoms with Crippen molar-refractivity contribution in [3.63, 3.8) is 0 Å². The number of carbonyl (C=O) groups excluding carboxylic acids is 1. The number of halogens is 2. The number of rotatable bonds is 2. The second kappa shape index (κ2) is 5.38. The summed E-state index contributed by atoms with van der Waals surface area (Å²) in [5.41, 5.74) is -0.273. The van der Waals surface area contributed by atoms with Gasteiger partial charge < -0.3 is 10.0 Å². The second-order valence-corrected chi connectivity index (χ2v) is 5.85. The third-order valence-electron chi connectivity index (χ3n) is 2.92. The molecule has 2 unspecified atom stereocenters. The fourth-order valence-electron chi connectivity index (χ4n) is 1.97. The van der Waals surface area contributed by atoms with E-state index in [2.05, 4.69) is 0 Å². The topological polar surface area (TPSA) is 57.6 Å². The van der Waals surface area contributed by atoms with E-state index in [9.17, 15) is 14.0 Å². The fraction of sp³-hybridized carbons (Fsp3) is 0.333. The van der Waals surface area contributed by atoms with Crippen molar-refractivity contribution in [1.82, 2.24) is 4.90 Å². The quantitative estimate of drug-likeness (QED) is 0.912. The molecule has 2 atom stereocenters. The summed E-state index contributed by atoms with van der Waals surface area (Å²) in [5, 5.41) is 8.76. The smallest absolute Gasteiger partial charge is 0.327 e. The van der Waals surface area contributed by atoms with Gasteiger partial charge in [0.15, 0.2) is 0 Å². The summed E-state index contributed by atoms with van der Waals surface area (Å²) < 4.78 is 13.7. The molecular weight excluding hydrogens is 293 g/mol. The van der Waals surface area contributed by atoms with Crippen molar-refractivity contribution >= 4 is 35.2 Å². The standard InChI is InChI=1S/C12H11ClFNO3S/c1-6-15(9(5-19-6)12(17)18)11(16)10-7(13)3-2-4-8(10)14/h2-4,6,9H,5H2,1H3,(H,17,18). The lowest BCUT2D eigenvalue weighted by Gasteiger charge is -2.25. The molecule has 0 saturated carbocycles. The largest absolute Gasteiger partial charge is 0.480 e. The molecule has 2 rings (SSSR count). The molecule has 0 radical (unpaired) electrons. The lowest BCUT2D eigenvalue weighted by Crippen LogP contribution is -2.45. The van der Waals surface area contributed by atoms with Gasteiger partial charge in [-0.1, -0.05) is 17.7 Å². The molecule has 1 heterocycles. The van der Waals surface area contributed by atoms with E-state index in [0.717, 1.165) is 11.0 Å².